The first-order chi connectivity index (χ1) is 9.58. The van der Waals surface area contributed by atoms with Crippen LogP contribution in [0, 0.1) is 0 Å². The molecule has 0 fully saturated rings. The number of nitrogens with two attached hydrogens (primary N) is 1. The zero-order chi connectivity index (χ0) is 14.3. The van der Waals surface area contributed by atoms with Crippen LogP contribution in [0.3, 0.4) is 0 Å². The number of anilines is 1. The van der Waals surface area contributed by atoms with Gasteiger partial charge in [-0.25, -0.2) is 4.98 Å². The summed E-state index contributed by atoms with van der Waals surface area (Å²) in [4.78, 5) is 4.57. The van der Waals surface area contributed by atoms with Crippen LogP contribution in [0.5, 0.6) is 0 Å². The fourth-order valence-corrected chi connectivity index (χ4v) is 2.56. The van der Waals surface area contributed by atoms with Crippen LogP contribution in [0.15, 0.2) is 42.5 Å². The SMILES string of the molecule is CC(C)c1ccc(-c2nc3cccc(Cl)n3c2N)cc1. The Kier molecular flexibility index (Phi) is 3.14. The number of halogens is 1. The molecule has 3 aromatic rings. The predicted octanol–water partition coefficient (Wildman–Crippen LogP) is 4.36. The van der Waals surface area contributed by atoms with Crippen molar-refractivity contribution in [3.05, 3.63) is 53.2 Å². The lowest BCUT2D eigenvalue weighted by atomic mass is 10.0. The van der Waals surface area contributed by atoms with Crippen LogP contribution in [0.4, 0.5) is 5.82 Å². The molecule has 0 saturated heterocycles. The van der Waals surface area contributed by atoms with Crippen molar-refractivity contribution in [3.63, 3.8) is 0 Å². The molecule has 3 nitrogen and oxygen atoms in total. The first kappa shape index (κ1) is 13.0. The first-order valence-electron chi connectivity index (χ1n) is 6.60. The molecule has 2 heterocycles. The van der Waals surface area contributed by atoms with Crippen LogP contribution in [-0.2, 0) is 0 Å². The third-order valence-electron chi connectivity index (χ3n) is 3.48. The van der Waals surface area contributed by atoms with Gasteiger partial charge in [-0.3, -0.25) is 4.40 Å². The van der Waals surface area contributed by atoms with E-state index in [1.165, 1.54) is 5.56 Å². The highest BCUT2D eigenvalue weighted by Gasteiger charge is 2.13. The molecule has 0 saturated carbocycles. The summed E-state index contributed by atoms with van der Waals surface area (Å²) in [6.45, 7) is 4.35. The highest BCUT2D eigenvalue weighted by molar-refractivity contribution is 6.30. The Bertz CT molecular complexity index is 757. The quantitative estimate of drug-likeness (QED) is 0.711. The van der Waals surface area contributed by atoms with E-state index in [9.17, 15) is 0 Å². The van der Waals surface area contributed by atoms with E-state index in [1.807, 2.05) is 12.1 Å². The Morgan fingerprint density at radius 3 is 2.40 bits per heavy atom. The fourth-order valence-electron chi connectivity index (χ4n) is 2.31. The monoisotopic (exact) mass is 285 g/mol. The van der Waals surface area contributed by atoms with Crippen molar-refractivity contribution in [3.8, 4) is 11.3 Å². The number of nitrogen functional groups attached to an aromatic ring is 1. The van der Waals surface area contributed by atoms with Crippen LogP contribution >= 0.6 is 11.6 Å². The Morgan fingerprint density at radius 2 is 1.80 bits per heavy atom. The summed E-state index contributed by atoms with van der Waals surface area (Å²) in [5.74, 6) is 1.08. The van der Waals surface area contributed by atoms with E-state index < -0.39 is 0 Å². The summed E-state index contributed by atoms with van der Waals surface area (Å²) >= 11 is 6.17. The van der Waals surface area contributed by atoms with Crippen molar-refractivity contribution in [1.29, 1.82) is 0 Å². The molecule has 0 aliphatic heterocycles. The molecule has 3 rings (SSSR count). The van der Waals surface area contributed by atoms with Gasteiger partial charge in [-0.1, -0.05) is 55.8 Å². The molecule has 2 aromatic heterocycles. The van der Waals surface area contributed by atoms with E-state index in [0.29, 0.717) is 16.9 Å². The van der Waals surface area contributed by atoms with Crippen molar-refractivity contribution in [2.75, 3.05) is 5.73 Å². The fraction of sp³-hybridized carbons (Fsp3) is 0.188. The highest BCUT2D eigenvalue weighted by Crippen LogP contribution is 2.29. The Labute approximate surface area is 123 Å². The molecule has 0 spiro atoms. The van der Waals surface area contributed by atoms with Crippen molar-refractivity contribution < 1.29 is 0 Å². The number of pyridine rings is 1. The molecule has 0 radical (unpaired) electrons. The summed E-state index contributed by atoms with van der Waals surface area (Å²) < 4.78 is 1.76. The number of hydrogen-bond donors (Lipinski definition) is 1. The van der Waals surface area contributed by atoms with Crippen molar-refractivity contribution in [2.45, 2.75) is 19.8 Å². The molecule has 0 amide bonds. The molecule has 102 valence electrons. The molecule has 0 unspecified atom stereocenters. The minimum atomic E-state index is 0.511. The average molecular weight is 286 g/mol. The van der Waals surface area contributed by atoms with Gasteiger partial charge < -0.3 is 5.73 Å². The van der Waals surface area contributed by atoms with E-state index in [1.54, 1.807) is 10.5 Å². The molecule has 2 N–H and O–H groups in total. The second kappa shape index (κ2) is 4.84. The Hall–Kier alpha value is -2.00. The van der Waals surface area contributed by atoms with Crippen LogP contribution in [0.2, 0.25) is 5.15 Å². The van der Waals surface area contributed by atoms with Gasteiger partial charge >= 0.3 is 0 Å². The zero-order valence-electron chi connectivity index (χ0n) is 11.5. The summed E-state index contributed by atoms with van der Waals surface area (Å²) in [6.07, 6.45) is 0. The molecular formula is C16H16ClN3. The van der Waals surface area contributed by atoms with Gasteiger partial charge in [-0.2, -0.15) is 0 Å². The van der Waals surface area contributed by atoms with Crippen molar-refractivity contribution >= 4 is 23.1 Å². The van der Waals surface area contributed by atoms with Crippen LogP contribution < -0.4 is 5.73 Å². The number of nitrogens with zero attached hydrogens (tertiary/aromatic N) is 2. The van der Waals surface area contributed by atoms with E-state index in [2.05, 4.69) is 43.1 Å². The number of fused-ring (bicyclic) bond motifs is 1. The summed E-state index contributed by atoms with van der Waals surface area (Å²) in [7, 11) is 0. The minimum Gasteiger partial charge on any atom is -0.383 e. The minimum absolute atomic E-state index is 0.511. The molecule has 0 atom stereocenters. The van der Waals surface area contributed by atoms with Gasteiger partial charge in [0.05, 0.1) is 0 Å². The van der Waals surface area contributed by atoms with Crippen molar-refractivity contribution in [1.82, 2.24) is 9.38 Å². The van der Waals surface area contributed by atoms with Gasteiger partial charge in [0.25, 0.3) is 0 Å². The van der Waals surface area contributed by atoms with Crippen LogP contribution in [0.1, 0.15) is 25.3 Å². The average Bonchev–Trinajstić information content (AvgIpc) is 2.77. The van der Waals surface area contributed by atoms with Crippen molar-refractivity contribution in [2.24, 2.45) is 0 Å². The summed E-state index contributed by atoms with van der Waals surface area (Å²) in [5, 5.41) is 0.567. The lowest BCUT2D eigenvalue weighted by Gasteiger charge is -2.06. The predicted molar refractivity (Wildman–Crippen MR) is 84.1 cm³/mol. The van der Waals surface area contributed by atoms with Gasteiger partial charge in [0, 0.05) is 5.56 Å². The van der Waals surface area contributed by atoms with Gasteiger partial charge in [0.2, 0.25) is 0 Å². The summed E-state index contributed by atoms with van der Waals surface area (Å²) in [5.41, 5.74) is 10.0. The maximum absolute atomic E-state index is 6.19. The molecular weight excluding hydrogens is 270 g/mol. The molecule has 0 aliphatic rings. The second-order valence-electron chi connectivity index (χ2n) is 5.16. The molecule has 0 bridgehead atoms. The maximum atomic E-state index is 6.19. The third kappa shape index (κ3) is 2.04. The molecule has 1 aromatic carbocycles. The molecule has 4 heteroatoms. The smallest absolute Gasteiger partial charge is 0.140 e. The first-order valence-corrected chi connectivity index (χ1v) is 6.98. The highest BCUT2D eigenvalue weighted by atomic mass is 35.5. The second-order valence-corrected chi connectivity index (χ2v) is 5.55. The number of aromatic nitrogens is 2. The normalized spacial score (nSPS) is 11.4. The summed E-state index contributed by atoms with van der Waals surface area (Å²) in [6, 6.07) is 13.9. The van der Waals surface area contributed by atoms with E-state index in [0.717, 1.165) is 16.9 Å². The lowest BCUT2D eigenvalue weighted by molar-refractivity contribution is 0.867. The van der Waals surface area contributed by atoms with Gasteiger partial charge in [0.1, 0.15) is 22.3 Å². The number of imidazole rings is 1. The number of benzene rings is 1. The third-order valence-corrected chi connectivity index (χ3v) is 3.78. The largest absolute Gasteiger partial charge is 0.383 e. The Balaban J connectivity index is 2.15. The van der Waals surface area contributed by atoms with E-state index in [4.69, 9.17) is 17.3 Å². The maximum Gasteiger partial charge on any atom is 0.140 e. The topological polar surface area (TPSA) is 43.3 Å². The van der Waals surface area contributed by atoms with E-state index >= 15 is 0 Å². The number of hydrogen-bond acceptors (Lipinski definition) is 2. The standard InChI is InChI=1S/C16H16ClN3/c1-10(2)11-6-8-12(9-7-11)15-16(18)20-13(17)4-3-5-14(20)19-15/h3-10H,18H2,1-2H3. The lowest BCUT2D eigenvalue weighted by Crippen LogP contribution is -1.95. The molecule has 20 heavy (non-hydrogen) atoms. The molecule has 0 aliphatic carbocycles. The zero-order valence-corrected chi connectivity index (χ0v) is 12.2. The van der Waals surface area contributed by atoms with Crippen LogP contribution in [-0.4, -0.2) is 9.38 Å². The van der Waals surface area contributed by atoms with E-state index in [-0.39, 0.29) is 0 Å². The Morgan fingerprint density at radius 1 is 1.10 bits per heavy atom. The van der Waals surface area contributed by atoms with Gasteiger partial charge in [-0.05, 0) is 23.6 Å². The van der Waals surface area contributed by atoms with Gasteiger partial charge in [0.15, 0.2) is 0 Å². The number of rotatable bonds is 2. The van der Waals surface area contributed by atoms with Gasteiger partial charge in [-0.15, -0.1) is 0 Å². The van der Waals surface area contributed by atoms with Crippen LogP contribution in [0.25, 0.3) is 16.9 Å².